The lowest BCUT2D eigenvalue weighted by atomic mass is 10.0. The van der Waals surface area contributed by atoms with E-state index in [-0.39, 0.29) is 5.78 Å². The second-order valence-corrected chi connectivity index (χ2v) is 5.12. The molecule has 0 bridgehead atoms. The largest absolute Gasteiger partial charge is 0.490 e. The molecule has 3 heteroatoms. The second-order valence-electron chi connectivity index (χ2n) is 5.12. The van der Waals surface area contributed by atoms with Gasteiger partial charge in [-0.1, -0.05) is 12.1 Å². The Kier molecular flexibility index (Phi) is 3.77. The van der Waals surface area contributed by atoms with Crippen LogP contribution in [0.2, 0.25) is 0 Å². The lowest BCUT2D eigenvalue weighted by Gasteiger charge is -2.06. The number of hydrogen-bond donors (Lipinski definition) is 0. The van der Waals surface area contributed by atoms with E-state index in [0.29, 0.717) is 12.5 Å². The van der Waals surface area contributed by atoms with Gasteiger partial charge in [-0.05, 0) is 49.1 Å². The molecular weight excluding hydrogens is 250 g/mol. The van der Waals surface area contributed by atoms with Crippen LogP contribution in [0.15, 0.2) is 48.8 Å². The summed E-state index contributed by atoms with van der Waals surface area (Å²) in [6.45, 7) is 0. The molecule has 20 heavy (non-hydrogen) atoms. The Morgan fingerprint density at radius 2 is 2.00 bits per heavy atom. The molecule has 2 aromatic rings. The van der Waals surface area contributed by atoms with Crippen LogP contribution in [0.4, 0.5) is 0 Å². The van der Waals surface area contributed by atoms with E-state index < -0.39 is 0 Å². The molecule has 0 unspecified atom stereocenters. The zero-order chi connectivity index (χ0) is 13.8. The number of benzene rings is 1. The fourth-order valence-electron chi connectivity index (χ4n) is 2.07. The van der Waals surface area contributed by atoms with Gasteiger partial charge in [0.2, 0.25) is 0 Å². The summed E-state index contributed by atoms with van der Waals surface area (Å²) in [4.78, 5) is 16.2. The molecule has 1 aliphatic rings. The van der Waals surface area contributed by atoms with Crippen LogP contribution in [0.25, 0.3) is 0 Å². The molecule has 1 aliphatic carbocycles. The average Bonchev–Trinajstić information content (AvgIpc) is 3.30. The van der Waals surface area contributed by atoms with Gasteiger partial charge in [0.25, 0.3) is 0 Å². The molecule has 0 radical (unpaired) electrons. The molecule has 1 heterocycles. The molecule has 0 N–H and O–H groups in total. The fourth-order valence-corrected chi connectivity index (χ4v) is 2.07. The smallest absolute Gasteiger partial charge is 0.163 e. The molecule has 0 saturated heterocycles. The van der Waals surface area contributed by atoms with E-state index in [2.05, 4.69) is 4.98 Å². The topological polar surface area (TPSA) is 39.2 Å². The Labute approximate surface area is 118 Å². The van der Waals surface area contributed by atoms with Crippen molar-refractivity contribution < 1.29 is 9.53 Å². The highest BCUT2D eigenvalue weighted by Crippen LogP contribution is 2.27. The number of aryl methyl sites for hydroxylation is 1. The summed E-state index contributed by atoms with van der Waals surface area (Å²) in [5.41, 5.74) is 1.87. The van der Waals surface area contributed by atoms with Gasteiger partial charge in [-0.3, -0.25) is 9.78 Å². The van der Waals surface area contributed by atoms with Gasteiger partial charge in [-0.15, -0.1) is 0 Å². The predicted octanol–water partition coefficient (Wildman–Crippen LogP) is 3.44. The molecule has 102 valence electrons. The maximum Gasteiger partial charge on any atom is 0.163 e. The first-order valence-corrected chi connectivity index (χ1v) is 7.00. The van der Waals surface area contributed by atoms with Crippen molar-refractivity contribution in [3.05, 3.63) is 59.9 Å². The molecule has 1 fully saturated rings. The highest BCUT2D eigenvalue weighted by molar-refractivity contribution is 5.96. The summed E-state index contributed by atoms with van der Waals surface area (Å²) in [7, 11) is 0. The molecule has 1 saturated carbocycles. The number of pyridine rings is 1. The average molecular weight is 267 g/mol. The Morgan fingerprint density at radius 1 is 1.20 bits per heavy atom. The lowest BCUT2D eigenvalue weighted by molar-refractivity contribution is 0.0982. The number of carbonyl (C=O) groups excluding carboxylic acids is 1. The van der Waals surface area contributed by atoms with Crippen molar-refractivity contribution in [2.24, 2.45) is 0 Å². The zero-order valence-corrected chi connectivity index (χ0v) is 11.3. The number of nitrogens with zero attached hydrogens (tertiary/aromatic N) is 1. The first kappa shape index (κ1) is 12.9. The molecule has 0 atom stereocenters. The second kappa shape index (κ2) is 5.87. The quantitative estimate of drug-likeness (QED) is 0.753. The number of carbonyl (C=O) groups is 1. The van der Waals surface area contributed by atoms with Gasteiger partial charge in [-0.25, -0.2) is 0 Å². The van der Waals surface area contributed by atoms with E-state index in [9.17, 15) is 4.79 Å². The van der Waals surface area contributed by atoms with E-state index >= 15 is 0 Å². The Balaban J connectivity index is 1.61. The summed E-state index contributed by atoms with van der Waals surface area (Å²) in [6, 6.07) is 11.4. The zero-order valence-electron chi connectivity index (χ0n) is 11.3. The van der Waals surface area contributed by atoms with Gasteiger partial charge in [0, 0.05) is 24.4 Å². The number of Topliss-reactive ketones (excluding diaryl/α,β-unsaturated/α-hetero) is 1. The Bertz CT molecular complexity index is 591. The van der Waals surface area contributed by atoms with Crippen molar-refractivity contribution >= 4 is 5.78 Å². The molecule has 0 amide bonds. The van der Waals surface area contributed by atoms with Gasteiger partial charge in [0.1, 0.15) is 5.75 Å². The van der Waals surface area contributed by atoms with Gasteiger partial charge in [0.15, 0.2) is 5.78 Å². The summed E-state index contributed by atoms with van der Waals surface area (Å²) < 4.78 is 5.72. The van der Waals surface area contributed by atoms with Crippen LogP contribution in [0.5, 0.6) is 5.75 Å². The number of rotatable bonds is 6. The standard InChI is InChI=1S/C17H17NO2/c19-17(7-4-13-8-10-18-11-9-13)14-2-1-3-16(12-14)20-15-5-6-15/h1-3,8-12,15H,4-7H2. The highest BCUT2D eigenvalue weighted by Gasteiger charge is 2.23. The third kappa shape index (κ3) is 3.44. The van der Waals surface area contributed by atoms with Crippen molar-refractivity contribution in [1.82, 2.24) is 4.98 Å². The van der Waals surface area contributed by atoms with E-state index in [1.807, 2.05) is 36.4 Å². The van der Waals surface area contributed by atoms with Gasteiger partial charge in [-0.2, -0.15) is 0 Å². The maximum atomic E-state index is 12.2. The van der Waals surface area contributed by atoms with Gasteiger partial charge < -0.3 is 4.74 Å². The fraction of sp³-hybridized carbons (Fsp3) is 0.294. The van der Waals surface area contributed by atoms with Crippen molar-refractivity contribution in [2.75, 3.05) is 0 Å². The van der Waals surface area contributed by atoms with Crippen LogP contribution in [0.3, 0.4) is 0 Å². The van der Waals surface area contributed by atoms with Crippen molar-refractivity contribution in [3.8, 4) is 5.75 Å². The van der Waals surface area contributed by atoms with E-state index in [1.165, 1.54) is 0 Å². The Hall–Kier alpha value is -2.16. The minimum absolute atomic E-state index is 0.156. The third-order valence-corrected chi connectivity index (χ3v) is 3.37. The molecule has 3 rings (SSSR count). The molecular formula is C17H17NO2. The maximum absolute atomic E-state index is 12.2. The monoisotopic (exact) mass is 267 g/mol. The van der Waals surface area contributed by atoms with Crippen LogP contribution in [-0.4, -0.2) is 16.9 Å². The minimum Gasteiger partial charge on any atom is -0.490 e. The van der Waals surface area contributed by atoms with Crippen LogP contribution in [0.1, 0.15) is 35.2 Å². The summed E-state index contributed by atoms with van der Waals surface area (Å²) in [6.07, 6.45) is 7.37. The molecule has 0 aliphatic heterocycles. The SMILES string of the molecule is O=C(CCc1ccncc1)c1cccc(OC2CC2)c1. The molecule has 3 nitrogen and oxygen atoms in total. The highest BCUT2D eigenvalue weighted by atomic mass is 16.5. The van der Waals surface area contributed by atoms with Crippen LogP contribution < -0.4 is 4.74 Å². The van der Waals surface area contributed by atoms with Gasteiger partial charge >= 0.3 is 0 Å². The summed E-state index contributed by atoms with van der Waals surface area (Å²) >= 11 is 0. The normalized spacial score (nSPS) is 14.0. The lowest BCUT2D eigenvalue weighted by Crippen LogP contribution is -2.03. The van der Waals surface area contributed by atoms with E-state index in [0.717, 1.165) is 36.1 Å². The van der Waals surface area contributed by atoms with E-state index in [1.54, 1.807) is 12.4 Å². The van der Waals surface area contributed by atoms with Crippen molar-refractivity contribution in [2.45, 2.75) is 31.8 Å². The molecule has 1 aromatic carbocycles. The number of ether oxygens (including phenoxy) is 1. The van der Waals surface area contributed by atoms with Crippen LogP contribution in [-0.2, 0) is 6.42 Å². The first-order chi connectivity index (χ1) is 9.81. The van der Waals surface area contributed by atoms with Crippen molar-refractivity contribution in [3.63, 3.8) is 0 Å². The number of hydrogen-bond acceptors (Lipinski definition) is 3. The van der Waals surface area contributed by atoms with Crippen molar-refractivity contribution in [1.29, 1.82) is 0 Å². The number of ketones is 1. The van der Waals surface area contributed by atoms with E-state index in [4.69, 9.17) is 4.74 Å². The first-order valence-electron chi connectivity index (χ1n) is 7.00. The predicted molar refractivity (Wildman–Crippen MR) is 77.0 cm³/mol. The third-order valence-electron chi connectivity index (χ3n) is 3.37. The minimum atomic E-state index is 0.156. The summed E-state index contributed by atoms with van der Waals surface area (Å²) in [5.74, 6) is 0.963. The van der Waals surface area contributed by atoms with Crippen LogP contribution >= 0.6 is 0 Å². The Morgan fingerprint density at radius 3 is 2.75 bits per heavy atom. The summed E-state index contributed by atoms with van der Waals surface area (Å²) in [5, 5.41) is 0. The molecule has 1 aromatic heterocycles. The molecule has 0 spiro atoms. The van der Waals surface area contributed by atoms with Crippen LogP contribution in [0, 0.1) is 0 Å². The number of aromatic nitrogens is 1. The van der Waals surface area contributed by atoms with Gasteiger partial charge in [0.05, 0.1) is 6.10 Å².